The number of rotatable bonds is 8. The molecule has 7 heteroatoms. The van der Waals surface area contributed by atoms with E-state index in [2.05, 4.69) is 9.88 Å². The summed E-state index contributed by atoms with van der Waals surface area (Å²) in [6.07, 6.45) is 3.25. The Morgan fingerprint density at radius 2 is 2.15 bits per heavy atom. The second kappa shape index (κ2) is 9.35. The van der Waals surface area contributed by atoms with Crippen molar-refractivity contribution < 1.29 is 18.7 Å². The molecule has 1 saturated heterocycles. The van der Waals surface area contributed by atoms with Crippen LogP contribution in [0.2, 0.25) is 0 Å². The molecule has 1 amide bonds. The molecule has 2 aromatic rings. The lowest BCUT2D eigenvalue weighted by atomic mass is 10.2. The van der Waals surface area contributed by atoms with E-state index in [4.69, 9.17) is 13.9 Å². The summed E-state index contributed by atoms with van der Waals surface area (Å²) in [6, 6.07) is 7.21. The second-order valence-corrected chi connectivity index (χ2v) is 6.05. The first-order chi connectivity index (χ1) is 12.8. The van der Waals surface area contributed by atoms with E-state index in [9.17, 15) is 4.79 Å². The highest BCUT2D eigenvalue weighted by Crippen LogP contribution is 2.18. The number of furan rings is 1. The minimum Gasteiger partial charge on any atom is -0.477 e. The number of morpholine rings is 1. The van der Waals surface area contributed by atoms with Crippen LogP contribution in [-0.2, 0) is 11.3 Å². The Kier molecular flexibility index (Phi) is 6.62. The predicted molar refractivity (Wildman–Crippen MR) is 96.1 cm³/mol. The zero-order chi connectivity index (χ0) is 18.2. The van der Waals surface area contributed by atoms with Crippen LogP contribution < -0.4 is 4.74 Å². The van der Waals surface area contributed by atoms with E-state index in [-0.39, 0.29) is 5.91 Å². The Morgan fingerprint density at radius 3 is 2.88 bits per heavy atom. The van der Waals surface area contributed by atoms with Crippen molar-refractivity contribution in [3.8, 4) is 5.88 Å². The highest BCUT2D eigenvalue weighted by Gasteiger charge is 2.22. The summed E-state index contributed by atoms with van der Waals surface area (Å²) in [5.74, 6) is 1.02. The van der Waals surface area contributed by atoms with E-state index in [0.29, 0.717) is 31.1 Å². The molecule has 26 heavy (non-hydrogen) atoms. The van der Waals surface area contributed by atoms with Crippen molar-refractivity contribution >= 4 is 5.91 Å². The molecular weight excluding hydrogens is 334 g/mol. The molecule has 0 aromatic carbocycles. The molecule has 3 heterocycles. The van der Waals surface area contributed by atoms with Crippen LogP contribution in [0.1, 0.15) is 23.0 Å². The van der Waals surface area contributed by atoms with Crippen LogP contribution >= 0.6 is 0 Å². The smallest absolute Gasteiger partial charge is 0.259 e. The standard InChI is InChI=1S/C19H25N3O4/c1-2-25-18-17(6-3-7-20-18)19(23)22(15-16-5-4-12-26-16)9-8-21-10-13-24-14-11-21/h3-7,12H,2,8-11,13-15H2,1H3. The zero-order valence-electron chi connectivity index (χ0n) is 15.1. The number of amides is 1. The molecule has 140 valence electrons. The summed E-state index contributed by atoms with van der Waals surface area (Å²) < 4.78 is 16.4. The average Bonchev–Trinajstić information content (AvgIpc) is 3.19. The normalized spacial score (nSPS) is 15.0. The molecule has 0 aliphatic carbocycles. The number of carbonyl (C=O) groups is 1. The Bertz CT molecular complexity index is 684. The molecule has 1 aliphatic heterocycles. The van der Waals surface area contributed by atoms with Gasteiger partial charge in [0, 0.05) is 32.4 Å². The minimum absolute atomic E-state index is 0.105. The SMILES string of the molecule is CCOc1ncccc1C(=O)N(CCN1CCOCC1)Cc1ccco1. The van der Waals surface area contributed by atoms with Crippen LogP contribution in [0.15, 0.2) is 41.1 Å². The molecule has 0 saturated carbocycles. The van der Waals surface area contributed by atoms with E-state index < -0.39 is 0 Å². The lowest BCUT2D eigenvalue weighted by molar-refractivity contribution is 0.0316. The van der Waals surface area contributed by atoms with Gasteiger partial charge in [-0.15, -0.1) is 0 Å². The largest absolute Gasteiger partial charge is 0.477 e. The summed E-state index contributed by atoms with van der Waals surface area (Å²) in [5, 5.41) is 0. The number of nitrogens with zero attached hydrogens (tertiary/aromatic N) is 3. The van der Waals surface area contributed by atoms with Crippen LogP contribution in [0.3, 0.4) is 0 Å². The van der Waals surface area contributed by atoms with Crippen LogP contribution in [0.5, 0.6) is 5.88 Å². The first-order valence-electron chi connectivity index (χ1n) is 8.97. The quantitative estimate of drug-likeness (QED) is 0.719. The van der Waals surface area contributed by atoms with Gasteiger partial charge in [0.15, 0.2) is 0 Å². The Morgan fingerprint density at radius 1 is 1.31 bits per heavy atom. The molecule has 7 nitrogen and oxygen atoms in total. The lowest BCUT2D eigenvalue weighted by Gasteiger charge is -2.30. The van der Waals surface area contributed by atoms with Gasteiger partial charge < -0.3 is 18.8 Å². The van der Waals surface area contributed by atoms with Gasteiger partial charge in [-0.1, -0.05) is 0 Å². The molecule has 0 unspecified atom stereocenters. The fourth-order valence-corrected chi connectivity index (χ4v) is 2.91. The molecular formula is C19H25N3O4. The van der Waals surface area contributed by atoms with Crippen LogP contribution in [-0.4, -0.2) is 66.7 Å². The van der Waals surface area contributed by atoms with Gasteiger partial charge in [-0.3, -0.25) is 9.69 Å². The number of ether oxygens (including phenoxy) is 2. The van der Waals surface area contributed by atoms with E-state index in [1.165, 1.54) is 0 Å². The van der Waals surface area contributed by atoms with Crippen molar-refractivity contribution in [1.82, 2.24) is 14.8 Å². The summed E-state index contributed by atoms with van der Waals surface area (Å²) in [5.41, 5.74) is 0.475. The first kappa shape index (κ1) is 18.4. The van der Waals surface area contributed by atoms with Crippen molar-refractivity contribution in [3.63, 3.8) is 0 Å². The van der Waals surface area contributed by atoms with Crippen molar-refractivity contribution in [2.45, 2.75) is 13.5 Å². The Balaban J connectivity index is 1.74. The van der Waals surface area contributed by atoms with Gasteiger partial charge in [0.1, 0.15) is 11.3 Å². The maximum absolute atomic E-state index is 13.2. The van der Waals surface area contributed by atoms with Crippen molar-refractivity contribution in [3.05, 3.63) is 48.0 Å². The third-order valence-electron chi connectivity index (χ3n) is 4.29. The van der Waals surface area contributed by atoms with Crippen molar-refractivity contribution in [2.75, 3.05) is 46.0 Å². The van der Waals surface area contributed by atoms with Gasteiger partial charge in [-0.25, -0.2) is 4.98 Å². The maximum Gasteiger partial charge on any atom is 0.259 e. The molecule has 0 spiro atoms. The number of aromatic nitrogens is 1. The molecule has 0 radical (unpaired) electrons. The first-order valence-corrected chi connectivity index (χ1v) is 8.97. The topological polar surface area (TPSA) is 68.0 Å². The van der Waals surface area contributed by atoms with E-state index in [1.54, 1.807) is 29.5 Å². The molecule has 1 fully saturated rings. The van der Waals surface area contributed by atoms with E-state index in [0.717, 1.165) is 38.6 Å². The number of pyridine rings is 1. The van der Waals surface area contributed by atoms with E-state index >= 15 is 0 Å². The summed E-state index contributed by atoms with van der Waals surface area (Å²) >= 11 is 0. The van der Waals surface area contributed by atoms with Gasteiger partial charge in [-0.2, -0.15) is 0 Å². The molecule has 0 bridgehead atoms. The summed E-state index contributed by atoms with van der Waals surface area (Å²) in [6.45, 7) is 7.40. The number of hydrogen-bond acceptors (Lipinski definition) is 6. The molecule has 3 rings (SSSR count). The highest BCUT2D eigenvalue weighted by atomic mass is 16.5. The minimum atomic E-state index is -0.105. The number of hydrogen-bond donors (Lipinski definition) is 0. The zero-order valence-corrected chi connectivity index (χ0v) is 15.1. The van der Waals surface area contributed by atoms with Gasteiger partial charge in [0.25, 0.3) is 5.91 Å². The van der Waals surface area contributed by atoms with Crippen LogP contribution in [0, 0.1) is 0 Å². The Hall–Kier alpha value is -2.38. The summed E-state index contributed by atoms with van der Waals surface area (Å²) in [7, 11) is 0. The third-order valence-corrected chi connectivity index (χ3v) is 4.29. The van der Waals surface area contributed by atoms with Gasteiger partial charge in [-0.05, 0) is 31.2 Å². The summed E-state index contributed by atoms with van der Waals surface area (Å²) in [4.78, 5) is 21.4. The van der Waals surface area contributed by atoms with Gasteiger partial charge in [0.05, 0.1) is 32.6 Å². The van der Waals surface area contributed by atoms with Crippen LogP contribution in [0.25, 0.3) is 0 Å². The van der Waals surface area contributed by atoms with Crippen LogP contribution in [0.4, 0.5) is 0 Å². The molecule has 0 atom stereocenters. The monoisotopic (exact) mass is 359 g/mol. The molecule has 0 N–H and O–H groups in total. The van der Waals surface area contributed by atoms with Gasteiger partial charge >= 0.3 is 0 Å². The predicted octanol–water partition coefficient (Wildman–Crippen LogP) is 2.05. The third kappa shape index (κ3) is 4.83. The average molecular weight is 359 g/mol. The van der Waals surface area contributed by atoms with Crippen molar-refractivity contribution in [2.24, 2.45) is 0 Å². The van der Waals surface area contributed by atoms with E-state index in [1.807, 2.05) is 19.1 Å². The maximum atomic E-state index is 13.2. The Labute approximate surface area is 153 Å². The molecule has 1 aliphatic rings. The number of carbonyl (C=O) groups excluding carboxylic acids is 1. The fourth-order valence-electron chi connectivity index (χ4n) is 2.91. The lowest BCUT2D eigenvalue weighted by Crippen LogP contribution is -2.43. The molecule has 2 aromatic heterocycles. The second-order valence-electron chi connectivity index (χ2n) is 6.05. The van der Waals surface area contributed by atoms with Crippen molar-refractivity contribution in [1.29, 1.82) is 0 Å². The fraction of sp³-hybridized carbons (Fsp3) is 0.474. The highest BCUT2D eigenvalue weighted by molar-refractivity contribution is 5.96. The van der Waals surface area contributed by atoms with Gasteiger partial charge in [0.2, 0.25) is 5.88 Å².